The van der Waals surface area contributed by atoms with Gasteiger partial charge < -0.3 is 9.82 Å². The third kappa shape index (κ3) is 3.64. The Kier molecular flexibility index (Phi) is 5.38. The third-order valence-electron chi connectivity index (χ3n) is 7.95. The first-order valence-corrected chi connectivity index (χ1v) is 12.9. The molecular weight excluding hydrogens is 476 g/mol. The van der Waals surface area contributed by atoms with Gasteiger partial charge in [-0.1, -0.05) is 18.2 Å². The molecule has 8 heteroatoms. The van der Waals surface area contributed by atoms with Crippen LogP contribution in [0, 0.1) is 0 Å². The Morgan fingerprint density at radius 2 is 1.71 bits per heavy atom. The molecule has 2 aromatic carbocycles. The molecule has 0 radical (unpaired) electrons. The predicted octanol–water partition coefficient (Wildman–Crippen LogP) is 5.16. The highest BCUT2D eigenvalue weighted by Gasteiger charge is 2.21. The lowest BCUT2D eigenvalue weighted by Crippen LogP contribution is -2.31. The number of hydrogen-bond acceptors (Lipinski definition) is 5. The zero-order chi connectivity index (χ0) is 25.8. The number of hydrogen-bond donors (Lipinski definition) is 1. The molecule has 1 saturated heterocycles. The Labute approximate surface area is 219 Å². The number of aryl methyl sites for hydroxylation is 1. The van der Waals surface area contributed by atoms with E-state index in [0.29, 0.717) is 5.92 Å². The van der Waals surface area contributed by atoms with Gasteiger partial charge in [-0.05, 0) is 66.3 Å². The van der Waals surface area contributed by atoms with Crippen molar-refractivity contribution < 1.29 is 4.84 Å². The Bertz CT molecular complexity index is 1860. The van der Waals surface area contributed by atoms with Crippen LogP contribution in [0.4, 0.5) is 0 Å². The van der Waals surface area contributed by atoms with Crippen molar-refractivity contribution in [3.63, 3.8) is 0 Å². The van der Waals surface area contributed by atoms with E-state index in [1.165, 1.54) is 5.56 Å². The first-order valence-electron chi connectivity index (χ1n) is 12.9. The van der Waals surface area contributed by atoms with Crippen LogP contribution in [0.2, 0.25) is 0 Å². The molecule has 1 aliphatic rings. The standard InChI is InChI=1S/C30H28N6O2/c1-34-28-18-33-25-8-5-21(22-16-27-26(32-17-22)9-12-31-27)15-24(25)29(28)36(30(34)37)23-6-3-19(4-7-23)20-10-13-35(38-2)14-11-20/h3-9,12,15-18,20,31H,10-11,13-14H2,1-2H3. The quantitative estimate of drug-likeness (QED) is 0.359. The van der Waals surface area contributed by atoms with Gasteiger partial charge in [0.15, 0.2) is 0 Å². The van der Waals surface area contributed by atoms with Crippen molar-refractivity contribution in [1.82, 2.24) is 29.1 Å². The highest BCUT2D eigenvalue weighted by atomic mass is 16.7. The molecule has 0 saturated carbocycles. The molecule has 1 fully saturated rings. The molecule has 4 aromatic heterocycles. The van der Waals surface area contributed by atoms with Crippen LogP contribution in [0.1, 0.15) is 24.3 Å². The van der Waals surface area contributed by atoms with Crippen molar-refractivity contribution in [2.24, 2.45) is 7.05 Å². The SMILES string of the molecule is CON1CCC(c2ccc(-n3c(=O)n(C)c4cnc5ccc(-c6cnc7cc[nH]c7c6)cc5c43)cc2)CC1. The molecule has 0 bridgehead atoms. The molecule has 38 heavy (non-hydrogen) atoms. The van der Waals surface area contributed by atoms with Crippen LogP contribution in [0.25, 0.3) is 49.8 Å². The summed E-state index contributed by atoms with van der Waals surface area (Å²) in [7, 11) is 3.54. The van der Waals surface area contributed by atoms with Gasteiger partial charge in [0.1, 0.15) is 0 Å². The Hall–Kier alpha value is -4.27. The number of H-pyrrole nitrogens is 1. The fourth-order valence-electron chi connectivity index (χ4n) is 5.78. The van der Waals surface area contributed by atoms with Crippen molar-refractivity contribution >= 4 is 33.0 Å². The molecule has 1 N–H and O–H groups in total. The van der Waals surface area contributed by atoms with Crippen LogP contribution < -0.4 is 5.69 Å². The number of hydroxylamine groups is 2. The number of nitrogens with zero attached hydrogens (tertiary/aromatic N) is 5. The summed E-state index contributed by atoms with van der Waals surface area (Å²) in [6.07, 6.45) is 7.69. The van der Waals surface area contributed by atoms with Crippen LogP contribution in [0.3, 0.4) is 0 Å². The fraction of sp³-hybridized carbons (Fsp3) is 0.233. The number of imidazole rings is 1. The summed E-state index contributed by atoms with van der Waals surface area (Å²) in [5, 5.41) is 2.94. The maximum atomic E-state index is 13.5. The average molecular weight is 505 g/mol. The molecule has 0 amide bonds. The van der Waals surface area contributed by atoms with E-state index in [1.54, 1.807) is 24.9 Å². The van der Waals surface area contributed by atoms with Gasteiger partial charge >= 0.3 is 5.69 Å². The summed E-state index contributed by atoms with van der Waals surface area (Å²) >= 11 is 0. The lowest BCUT2D eigenvalue weighted by atomic mass is 9.90. The second-order valence-electron chi connectivity index (χ2n) is 10.0. The largest absolute Gasteiger partial charge is 0.360 e. The maximum Gasteiger partial charge on any atom is 0.333 e. The topological polar surface area (TPSA) is 81.0 Å². The van der Waals surface area contributed by atoms with E-state index in [-0.39, 0.29) is 5.69 Å². The lowest BCUT2D eigenvalue weighted by Gasteiger charge is -2.30. The van der Waals surface area contributed by atoms with Crippen molar-refractivity contribution in [2.45, 2.75) is 18.8 Å². The van der Waals surface area contributed by atoms with E-state index in [0.717, 1.165) is 75.7 Å². The minimum atomic E-state index is -0.0877. The van der Waals surface area contributed by atoms with E-state index >= 15 is 0 Å². The van der Waals surface area contributed by atoms with Crippen LogP contribution in [-0.4, -0.2) is 49.3 Å². The molecule has 190 valence electrons. The summed E-state index contributed by atoms with van der Waals surface area (Å²) in [6.45, 7) is 1.86. The van der Waals surface area contributed by atoms with Gasteiger partial charge in [0, 0.05) is 43.5 Å². The average Bonchev–Trinajstić information content (AvgIpc) is 3.55. The maximum absolute atomic E-state index is 13.5. The zero-order valence-corrected chi connectivity index (χ0v) is 21.4. The minimum Gasteiger partial charge on any atom is -0.360 e. The van der Waals surface area contributed by atoms with Gasteiger partial charge in [0.05, 0.1) is 46.6 Å². The molecule has 6 aromatic rings. The summed E-state index contributed by atoms with van der Waals surface area (Å²) in [4.78, 5) is 31.4. The molecular formula is C30H28N6O2. The van der Waals surface area contributed by atoms with Gasteiger partial charge in [0.25, 0.3) is 0 Å². The normalized spacial score (nSPS) is 15.2. The highest BCUT2D eigenvalue weighted by Crippen LogP contribution is 2.32. The lowest BCUT2D eigenvalue weighted by molar-refractivity contribution is -0.143. The number of pyridine rings is 2. The highest BCUT2D eigenvalue weighted by molar-refractivity contribution is 6.04. The van der Waals surface area contributed by atoms with Crippen LogP contribution in [0.5, 0.6) is 0 Å². The van der Waals surface area contributed by atoms with E-state index in [1.807, 2.05) is 34.2 Å². The van der Waals surface area contributed by atoms with Crippen LogP contribution in [-0.2, 0) is 11.9 Å². The van der Waals surface area contributed by atoms with Crippen molar-refractivity contribution in [3.05, 3.63) is 89.2 Å². The molecule has 0 atom stereocenters. The molecule has 8 nitrogen and oxygen atoms in total. The summed E-state index contributed by atoms with van der Waals surface area (Å²) in [5.74, 6) is 0.498. The molecule has 1 aliphatic heterocycles. The zero-order valence-electron chi connectivity index (χ0n) is 21.4. The smallest absolute Gasteiger partial charge is 0.333 e. The van der Waals surface area contributed by atoms with Crippen molar-refractivity contribution in [1.29, 1.82) is 0 Å². The van der Waals surface area contributed by atoms with E-state index < -0.39 is 0 Å². The van der Waals surface area contributed by atoms with Crippen molar-refractivity contribution in [3.8, 4) is 16.8 Å². The van der Waals surface area contributed by atoms with Gasteiger partial charge in [-0.3, -0.25) is 19.1 Å². The predicted molar refractivity (Wildman–Crippen MR) is 149 cm³/mol. The second-order valence-corrected chi connectivity index (χ2v) is 10.0. The Morgan fingerprint density at radius 1 is 0.921 bits per heavy atom. The van der Waals surface area contributed by atoms with Gasteiger partial charge in [-0.25, -0.2) is 4.79 Å². The van der Waals surface area contributed by atoms with E-state index in [2.05, 4.69) is 57.4 Å². The third-order valence-corrected chi connectivity index (χ3v) is 7.95. The van der Waals surface area contributed by atoms with Gasteiger partial charge in [-0.2, -0.15) is 5.06 Å². The first kappa shape index (κ1) is 22.9. The summed E-state index contributed by atoms with van der Waals surface area (Å²) in [5.41, 5.74) is 8.53. The van der Waals surface area contributed by atoms with Gasteiger partial charge in [0.2, 0.25) is 0 Å². The fourth-order valence-corrected chi connectivity index (χ4v) is 5.78. The Balaban J connectivity index is 1.35. The van der Waals surface area contributed by atoms with Crippen molar-refractivity contribution in [2.75, 3.05) is 20.2 Å². The summed E-state index contributed by atoms with van der Waals surface area (Å²) < 4.78 is 3.49. The first-order chi connectivity index (χ1) is 18.6. The number of rotatable bonds is 4. The van der Waals surface area contributed by atoms with Gasteiger partial charge in [-0.15, -0.1) is 0 Å². The van der Waals surface area contributed by atoms with E-state index in [4.69, 9.17) is 4.84 Å². The number of benzene rings is 2. The number of aromatic nitrogens is 5. The van der Waals surface area contributed by atoms with E-state index in [9.17, 15) is 4.79 Å². The number of nitrogens with one attached hydrogen (secondary N) is 1. The molecule has 0 unspecified atom stereocenters. The summed E-state index contributed by atoms with van der Waals surface area (Å²) in [6, 6.07) is 18.7. The number of fused-ring (bicyclic) bond motifs is 4. The molecule has 7 rings (SSSR count). The van der Waals surface area contributed by atoms with Crippen LogP contribution in [0.15, 0.2) is 78.0 Å². The molecule has 0 spiro atoms. The minimum absolute atomic E-state index is 0.0877. The number of piperidine rings is 1. The second kappa shape index (κ2) is 8.93. The van der Waals surface area contributed by atoms with Crippen LogP contribution >= 0.6 is 0 Å². The Morgan fingerprint density at radius 3 is 2.50 bits per heavy atom. The molecule has 5 heterocycles. The molecule has 0 aliphatic carbocycles. The monoisotopic (exact) mass is 504 g/mol. The number of aromatic amines is 1.